The zero-order chi connectivity index (χ0) is 12.4. The van der Waals surface area contributed by atoms with Crippen LogP contribution in [0.4, 0.5) is 0 Å². The van der Waals surface area contributed by atoms with Gasteiger partial charge in [-0.1, -0.05) is 0 Å². The number of hydrogen-bond acceptors (Lipinski definition) is 3. The van der Waals surface area contributed by atoms with Crippen molar-refractivity contribution >= 4 is 18.3 Å². The minimum Gasteiger partial charge on any atom is -0.378 e. The van der Waals surface area contributed by atoms with Crippen molar-refractivity contribution in [2.75, 3.05) is 32.8 Å². The lowest BCUT2D eigenvalue weighted by molar-refractivity contribution is -0.131. The van der Waals surface area contributed by atoms with Crippen molar-refractivity contribution in [3.63, 3.8) is 0 Å². The summed E-state index contributed by atoms with van der Waals surface area (Å²) in [4.78, 5) is 14.3. The number of carbonyl (C=O) groups excluding carboxylic acids is 1. The van der Waals surface area contributed by atoms with Crippen molar-refractivity contribution in [1.29, 1.82) is 0 Å². The molecule has 3 rings (SSSR count). The van der Waals surface area contributed by atoms with E-state index in [1.807, 2.05) is 0 Å². The molecular weight excluding hydrogens is 264 g/mol. The van der Waals surface area contributed by atoms with Crippen LogP contribution in [0.25, 0.3) is 0 Å². The molecule has 2 unspecified atom stereocenters. The number of rotatable bonds is 3. The maximum atomic E-state index is 12.2. The zero-order valence-corrected chi connectivity index (χ0v) is 12.3. The lowest BCUT2D eigenvalue weighted by atomic mass is 9.86. The molecular formula is C14H25ClN2O2. The summed E-state index contributed by atoms with van der Waals surface area (Å²) in [6.07, 6.45) is 6.67. The highest BCUT2D eigenvalue weighted by atomic mass is 35.5. The summed E-state index contributed by atoms with van der Waals surface area (Å²) in [6, 6.07) is 0. The Labute approximate surface area is 121 Å². The Kier molecular flexibility index (Phi) is 5.09. The van der Waals surface area contributed by atoms with Gasteiger partial charge in [-0.05, 0) is 38.6 Å². The van der Waals surface area contributed by atoms with Crippen LogP contribution in [0.2, 0.25) is 0 Å². The minimum absolute atomic E-state index is 0. The maximum Gasteiger partial charge on any atom is 0.222 e. The van der Waals surface area contributed by atoms with Crippen molar-refractivity contribution < 1.29 is 9.53 Å². The number of nitrogens with one attached hydrogen (secondary N) is 1. The van der Waals surface area contributed by atoms with E-state index < -0.39 is 0 Å². The molecule has 5 heteroatoms. The molecule has 0 saturated carbocycles. The van der Waals surface area contributed by atoms with E-state index in [9.17, 15) is 4.79 Å². The molecule has 0 aliphatic carbocycles. The molecule has 1 N–H and O–H groups in total. The van der Waals surface area contributed by atoms with Gasteiger partial charge in [0.2, 0.25) is 5.91 Å². The highest BCUT2D eigenvalue weighted by Crippen LogP contribution is 2.36. The van der Waals surface area contributed by atoms with Gasteiger partial charge < -0.3 is 15.0 Å². The number of amides is 1. The summed E-state index contributed by atoms with van der Waals surface area (Å²) >= 11 is 0. The molecule has 3 fully saturated rings. The van der Waals surface area contributed by atoms with Crippen molar-refractivity contribution in [3.8, 4) is 0 Å². The van der Waals surface area contributed by atoms with Gasteiger partial charge in [-0.3, -0.25) is 4.79 Å². The molecule has 0 aromatic heterocycles. The van der Waals surface area contributed by atoms with E-state index in [0.717, 1.165) is 52.0 Å². The predicted molar refractivity (Wildman–Crippen MR) is 76.6 cm³/mol. The monoisotopic (exact) mass is 288 g/mol. The molecule has 19 heavy (non-hydrogen) atoms. The Morgan fingerprint density at radius 1 is 1.42 bits per heavy atom. The van der Waals surface area contributed by atoms with Crippen LogP contribution in [0, 0.1) is 5.41 Å². The number of nitrogens with zero attached hydrogens (tertiary/aromatic N) is 1. The van der Waals surface area contributed by atoms with Crippen LogP contribution >= 0.6 is 12.4 Å². The Bertz CT molecular complexity index is 313. The first-order valence-electron chi connectivity index (χ1n) is 7.38. The molecule has 4 nitrogen and oxygen atoms in total. The maximum absolute atomic E-state index is 12.2. The van der Waals surface area contributed by atoms with E-state index in [2.05, 4.69) is 10.2 Å². The van der Waals surface area contributed by atoms with Gasteiger partial charge >= 0.3 is 0 Å². The number of likely N-dealkylation sites (tertiary alicyclic amines) is 1. The van der Waals surface area contributed by atoms with E-state index in [4.69, 9.17) is 4.74 Å². The third-order valence-corrected chi connectivity index (χ3v) is 4.83. The first-order chi connectivity index (χ1) is 8.77. The van der Waals surface area contributed by atoms with Gasteiger partial charge in [-0.2, -0.15) is 0 Å². The average Bonchev–Trinajstić information content (AvgIpc) is 3.10. The molecule has 0 aromatic rings. The van der Waals surface area contributed by atoms with E-state index in [1.54, 1.807) is 0 Å². The Balaban J connectivity index is 0.00000133. The molecule has 0 bridgehead atoms. The molecule has 3 saturated heterocycles. The highest BCUT2D eigenvalue weighted by Gasteiger charge is 2.41. The van der Waals surface area contributed by atoms with Crippen molar-refractivity contribution in [1.82, 2.24) is 10.2 Å². The zero-order valence-electron chi connectivity index (χ0n) is 11.5. The lowest BCUT2D eigenvalue weighted by Gasteiger charge is -2.23. The fourth-order valence-electron chi connectivity index (χ4n) is 3.61. The van der Waals surface area contributed by atoms with Gasteiger partial charge in [-0.25, -0.2) is 0 Å². The van der Waals surface area contributed by atoms with E-state index in [0.29, 0.717) is 23.8 Å². The van der Waals surface area contributed by atoms with Crippen LogP contribution in [0.3, 0.4) is 0 Å². The van der Waals surface area contributed by atoms with Crippen LogP contribution in [0.15, 0.2) is 0 Å². The second-order valence-electron chi connectivity index (χ2n) is 6.17. The molecule has 0 aromatic carbocycles. The first kappa shape index (κ1) is 15.1. The second-order valence-corrected chi connectivity index (χ2v) is 6.17. The summed E-state index contributed by atoms with van der Waals surface area (Å²) < 4.78 is 5.58. The average molecular weight is 289 g/mol. The van der Waals surface area contributed by atoms with Gasteiger partial charge in [0.15, 0.2) is 0 Å². The van der Waals surface area contributed by atoms with Crippen LogP contribution in [-0.2, 0) is 9.53 Å². The molecule has 2 atom stereocenters. The van der Waals surface area contributed by atoms with Crippen molar-refractivity contribution in [2.24, 2.45) is 5.41 Å². The third-order valence-electron chi connectivity index (χ3n) is 4.83. The molecule has 3 heterocycles. The second kappa shape index (κ2) is 6.42. The summed E-state index contributed by atoms with van der Waals surface area (Å²) in [5.74, 6) is 0.342. The summed E-state index contributed by atoms with van der Waals surface area (Å²) in [7, 11) is 0. The van der Waals surface area contributed by atoms with E-state index in [-0.39, 0.29) is 12.4 Å². The molecule has 0 radical (unpaired) electrons. The number of halogens is 1. The standard InChI is InChI=1S/C14H24N2O2.ClH/c17-13(4-3-12-2-1-9-18-12)16-8-6-14(11-16)5-7-15-10-14;/h12,15H,1-11H2;1H. The Morgan fingerprint density at radius 3 is 3.00 bits per heavy atom. The summed E-state index contributed by atoms with van der Waals surface area (Å²) in [5.41, 5.74) is 0.402. The van der Waals surface area contributed by atoms with Crippen LogP contribution in [0.5, 0.6) is 0 Å². The van der Waals surface area contributed by atoms with E-state index >= 15 is 0 Å². The molecule has 110 valence electrons. The van der Waals surface area contributed by atoms with Crippen LogP contribution in [0.1, 0.15) is 38.5 Å². The van der Waals surface area contributed by atoms with Crippen LogP contribution in [-0.4, -0.2) is 49.7 Å². The number of hydrogen-bond donors (Lipinski definition) is 1. The van der Waals surface area contributed by atoms with Crippen molar-refractivity contribution in [2.45, 2.75) is 44.6 Å². The quantitative estimate of drug-likeness (QED) is 0.857. The van der Waals surface area contributed by atoms with E-state index in [1.165, 1.54) is 12.8 Å². The largest absolute Gasteiger partial charge is 0.378 e. The summed E-state index contributed by atoms with van der Waals surface area (Å²) in [6.45, 7) is 5.05. The van der Waals surface area contributed by atoms with Gasteiger partial charge in [0.1, 0.15) is 0 Å². The van der Waals surface area contributed by atoms with Gasteiger partial charge in [0.05, 0.1) is 6.10 Å². The lowest BCUT2D eigenvalue weighted by Crippen LogP contribution is -2.33. The van der Waals surface area contributed by atoms with Gasteiger partial charge in [0, 0.05) is 38.1 Å². The number of ether oxygens (including phenoxy) is 1. The normalized spacial score (nSPS) is 33.9. The SMILES string of the molecule is Cl.O=C(CCC1CCCO1)N1CCC2(CCNC2)C1. The van der Waals surface area contributed by atoms with Gasteiger partial charge in [0.25, 0.3) is 0 Å². The fraction of sp³-hybridized carbons (Fsp3) is 0.929. The minimum atomic E-state index is 0. The molecule has 3 aliphatic rings. The molecule has 1 amide bonds. The fourth-order valence-corrected chi connectivity index (χ4v) is 3.61. The topological polar surface area (TPSA) is 41.6 Å². The molecule has 1 spiro atoms. The summed E-state index contributed by atoms with van der Waals surface area (Å²) in [5, 5.41) is 3.43. The van der Waals surface area contributed by atoms with Gasteiger partial charge in [-0.15, -0.1) is 12.4 Å². The van der Waals surface area contributed by atoms with Crippen LogP contribution < -0.4 is 5.32 Å². The molecule has 3 aliphatic heterocycles. The Hall–Kier alpha value is -0.320. The Morgan fingerprint density at radius 2 is 2.32 bits per heavy atom. The smallest absolute Gasteiger partial charge is 0.222 e. The number of carbonyl (C=O) groups is 1. The first-order valence-corrected chi connectivity index (χ1v) is 7.38. The van der Waals surface area contributed by atoms with Crippen molar-refractivity contribution in [3.05, 3.63) is 0 Å². The third kappa shape index (κ3) is 3.41. The highest BCUT2D eigenvalue weighted by molar-refractivity contribution is 5.85. The predicted octanol–water partition coefficient (Wildman–Crippen LogP) is 1.58.